The number of aromatic nitrogens is 2. The van der Waals surface area contributed by atoms with Crippen LogP contribution in [-0.4, -0.2) is 43.0 Å². The van der Waals surface area contributed by atoms with Crippen molar-refractivity contribution in [1.29, 1.82) is 0 Å². The highest BCUT2D eigenvalue weighted by atomic mass is 32.2. The van der Waals surface area contributed by atoms with E-state index in [9.17, 15) is 8.42 Å². The largest absolute Gasteiger partial charge is 0.368 e. The van der Waals surface area contributed by atoms with Crippen molar-refractivity contribution in [1.82, 2.24) is 9.97 Å². The molecule has 0 aliphatic carbocycles. The molecule has 2 heterocycles. The number of rotatable bonds is 2. The van der Waals surface area contributed by atoms with Gasteiger partial charge in [0.25, 0.3) is 0 Å². The van der Waals surface area contributed by atoms with Crippen molar-refractivity contribution in [3.8, 4) is 0 Å². The van der Waals surface area contributed by atoms with Gasteiger partial charge in [0.1, 0.15) is 5.82 Å². The normalized spacial score (nSPS) is 21.1. The number of nitrogen functional groups attached to an aromatic ring is 1. The Balaban J connectivity index is 2.05. The van der Waals surface area contributed by atoms with E-state index in [0.717, 1.165) is 10.9 Å². The molecule has 1 aliphatic rings. The predicted molar refractivity (Wildman–Crippen MR) is 79.4 cm³/mol. The average Bonchev–Trinajstić information content (AvgIpc) is 2.77. The van der Waals surface area contributed by atoms with Gasteiger partial charge in [-0.05, 0) is 18.6 Å². The number of hydrogen-bond acceptors (Lipinski definition) is 6. The second-order valence-corrected chi connectivity index (χ2v) is 7.32. The Bertz CT molecular complexity index is 760. The number of benzene rings is 1. The van der Waals surface area contributed by atoms with E-state index in [1.54, 1.807) is 0 Å². The van der Waals surface area contributed by atoms with Gasteiger partial charge >= 0.3 is 0 Å². The number of hydrogen-bond donors (Lipinski definition) is 1. The summed E-state index contributed by atoms with van der Waals surface area (Å²) in [4.78, 5) is 10.4. The lowest BCUT2D eigenvalue weighted by Crippen LogP contribution is -2.33. The molecule has 20 heavy (non-hydrogen) atoms. The third-order valence-corrected chi connectivity index (χ3v) is 5.44. The average molecular weight is 292 g/mol. The first kappa shape index (κ1) is 13.1. The lowest BCUT2D eigenvalue weighted by Gasteiger charge is -2.25. The molecular weight excluding hydrogens is 276 g/mol. The van der Waals surface area contributed by atoms with Crippen molar-refractivity contribution >= 4 is 32.5 Å². The van der Waals surface area contributed by atoms with Crippen LogP contribution in [0.3, 0.4) is 0 Å². The van der Waals surface area contributed by atoms with Crippen LogP contribution in [0.2, 0.25) is 0 Å². The summed E-state index contributed by atoms with van der Waals surface area (Å²) < 4.78 is 23.2. The first-order valence-corrected chi connectivity index (χ1v) is 8.24. The SMILES string of the molecule is CN(c1nc(N)nc2ccccc12)C1CCS(=O)(=O)C1. The fourth-order valence-electron chi connectivity index (χ4n) is 2.60. The van der Waals surface area contributed by atoms with Crippen molar-refractivity contribution in [2.75, 3.05) is 29.2 Å². The van der Waals surface area contributed by atoms with E-state index in [1.807, 2.05) is 36.2 Å². The fourth-order valence-corrected chi connectivity index (χ4v) is 4.37. The standard InChI is InChI=1S/C13H16N4O2S/c1-17(9-6-7-20(18,19)8-9)12-10-4-2-3-5-11(10)15-13(14)16-12/h2-5,9H,6-8H2,1H3,(H2,14,15,16). The smallest absolute Gasteiger partial charge is 0.222 e. The fraction of sp³-hybridized carbons (Fsp3) is 0.385. The van der Waals surface area contributed by atoms with Crippen molar-refractivity contribution in [2.45, 2.75) is 12.5 Å². The zero-order valence-corrected chi connectivity index (χ0v) is 12.0. The molecule has 7 heteroatoms. The molecule has 0 bridgehead atoms. The van der Waals surface area contributed by atoms with Crippen LogP contribution >= 0.6 is 0 Å². The molecule has 0 amide bonds. The summed E-state index contributed by atoms with van der Waals surface area (Å²) in [5, 5.41) is 0.883. The minimum Gasteiger partial charge on any atom is -0.368 e. The Hall–Kier alpha value is -1.89. The molecule has 0 saturated carbocycles. The van der Waals surface area contributed by atoms with Crippen LogP contribution in [0.25, 0.3) is 10.9 Å². The van der Waals surface area contributed by atoms with E-state index in [4.69, 9.17) is 5.73 Å². The van der Waals surface area contributed by atoms with Crippen molar-refractivity contribution in [3.63, 3.8) is 0 Å². The lowest BCUT2D eigenvalue weighted by molar-refractivity contribution is 0.600. The maximum atomic E-state index is 11.6. The van der Waals surface area contributed by atoms with Gasteiger partial charge in [0.15, 0.2) is 9.84 Å². The summed E-state index contributed by atoms with van der Waals surface area (Å²) in [6.07, 6.45) is 0.622. The topological polar surface area (TPSA) is 89.2 Å². The van der Waals surface area contributed by atoms with Gasteiger partial charge in [-0.25, -0.2) is 13.4 Å². The van der Waals surface area contributed by atoms with Crippen molar-refractivity contribution in [2.24, 2.45) is 0 Å². The van der Waals surface area contributed by atoms with Crippen LogP contribution in [0.15, 0.2) is 24.3 Å². The third-order valence-electron chi connectivity index (χ3n) is 3.69. The molecule has 0 spiro atoms. The highest BCUT2D eigenvalue weighted by Gasteiger charge is 2.32. The second-order valence-electron chi connectivity index (χ2n) is 5.09. The van der Waals surface area contributed by atoms with Crippen LogP contribution in [0.1, 0.15) is 6.42 Å². The second kappa shape index (κ2) is 4.59. The van der Waals surface area contributed by atoms with Gasteiger partial charge in [0.05, 0.1) is 17.0 Å². The first-order valence-electron chi connectivity index (χ1n) is 6.42. The zero-order valence-electron chi connectivity index (χ0n) is 11.2. The van der Waals surface area contributed by atoms with E-state index in [0.29, 0.717) is 12.2 Å². The third kappa shape index (κ3) is 2.29. The zero-order chi connectivity index (χ0) is 14.3. The Labute approximate surface area is 117 Å². The van der Waals surface area contributed by atoms with E-state index in [-0.39, 0.29) is 23.5 Å². The Morgan fingerprint density at radius 3 is 2.75 bits per heavy atom. The van der Waals surface area contributed by atoms with Gasteiger partial charge < -0.3 is 10.6 Å². The molecule has 2 N–H and O–H groups in total. The molecule has 1 saturated heterocycles. The minimum atomic E-state index is -2.93. The van der Waals surface area contributed by atoms with Crippen LogP contribution in [0.5, 0.6) is 0 Å². The number of nitrogens with two attached hydrogens (primary N) is 1. The highest BCUT2D eigenvalue weighted by molar-refractivity contribution is 7.91. The maximum Gasteiger partial charge on any atom is 0.222 e. The Morgan fingerprint density at radius 1 is 1.30 bits per heavy atom. The van der Waals surface area contributed by atoms with Crippen LogP contribution in [0, 0.1) is 0 Å². The molecule has 1 aromatic carbocycles. The van der Waals surface area contributed by atoms with Gasteiger partial charge in [0, 0.05) is 18.5 Å². The molecule has 2 aromatic rings. The molecule has 1 aliphatic heterocycles. The van der Waals surface area contributed by atoms with Crippen LogP contribution in [0.4, 0.5) is 11.8 Å². The van der Waals surface area contributed by atoms with Crippen LogP contribution < -0.4 is 10.6 Å². The summed E-state index contributed by atoms with van der Waals surface area (Å²) in [7, 11) is -1.07. The molecule has 3 rings (SSSR count). The molecule has 106 valence electrons. The minimum absolute atomic E-state index is 0.0577. The molecular formula is C13H16N4O2S. The van der Waals surface area contributed by atoms with Crippen molar-refractivity contribution in [3.05, 3.63) is 24.3 Å². The van der Waals surface area contributed by atoms with Gasteiger partial charge in [-0.1, -0.05) is 12.1 Å². The highest BCUT2D eigenvalue weighted by Crippen LogP contribution is 2.28. The molecule has 1 atom stereocenters. The van der Waals surface area contributed by atoms with Gasteiger partial charge in [-0.3, -0.25) is 0 Å². The molecule has 1 aromatic heterocycles. The van der Waals surface area contributed by atoms with E-state index < -0.39 is 9.84 Å². The Morgan fingerprint density at radius 2 is 2.05 bits per heavy atom. The lowest BCUT2D eigenvalue weighted by atomic mass is 10.2. The summed E-state index contributed by atoms with van der Waals surface area (Å²) in [6.45, 7) is 0. The van der Waals surface area contributed by atoms with Crippen molar-refractivity contribution < 1.29 is 8.42 Å². The Kier molecular flexibility index (Phi) is 3.01. The summed E-state index contributed by atoms with van der Waals surface area (Å²) in [5.74, 6) is 1.30. The molecule has 1 fully saturated rings. The summed E-state index contributed by atoms with van der Waals surface area (Å²) in [5.41, 5.74) is 6.51. The van der Waals surface area contributed by atoms with Gasteiger partial charge in [0.2, 0.25) is 5.95 Å². The number of fused-ring (bicyclic) bond motifs is 1. The number of sulfone groups is 1. The monoisotopic (exact) mass is 292 g/mol. The molecule has 1 unspecified atom stereocenters. The molecule has 0 radical (unpaired) electrons. The van der Waals surface area contributed by atoms with Gasteiger partial charge in [-0.15, -0.1) is 0 Å². The number of nitrogens with zero attached hydrogens (tertiary/aromatic N) is 3. The maximum absolute atomic E-state index is 11.6. The number of anilines is 2. The van der Waals surface area contributed by atoms with E-state index in [2.05, 4.69) is 9.97 Å². The first-order chi connectivity index (χ1) is 9.46. The summed E-state index contributed by atoms with van der Waals surface area (Å²) >= 11 is 0. The summed E-state index contributed by atoms with van der Waals surface area (Å²) in [6, 6.07) is 7.53. The van der Waals surface area contributed by atoms with E-state index in [1.165, 1.54) is 0 Å². The predicted octanol–water partition coefficient (Wildman–Crippen LogP) is 0.835. The van der Waals surface area contributed by atoms with Gasteiger partial charge in [-0.2, -0.15) is 4.98 Å². The number of para-hydroxylation sites is 1. The van der Waals surface area contributed by atoms with Crippen LogP contribution in [-0.2, 0) is 9.84 Å². The van der Waals surface area contributed by atoms with E-state index >= 15 is 0 Å². The molecule has 6 nitrogen and oxygen atoms in total. The quantitative estimate of drug-likeness (QED) is 0.882.